The van der Waals surface area contributed by atoms with Crippen LogP contribution in [0.25, 0.3) is 11.1 Å². The molecule has 2 amide bonds. The Labute approximate surface area is 276 Å². The average molecular weight is 671 g/mol. The van der Waals surface area contributed by atoms with Crippen molar-refractivity contribution < 1.29 is 31.5 Å². The molecule has 1 unspecified atom stereocenters. The van der Waals surface area contributed by atoms with Crippen molar-refractivity contribution in [2.45, 2.75) is 58.3 Å². The molecule has 13 heteroatoms. The monoisotopic (exact) mass is 670 g/mol. The molecular weight excluding hydrogens is 631 g/mol. The van der Waals surface area contributed by atoms with Crippen molar-refractivity contribution >= 4 is 11.8 Å². The second-order valence-electron chi connectivity index (χ2n) is 11.7. The fourth-order valence-corrected chi connectivity index (χ4v) is 5.62. The Morgan fingerprint density at radius 3 is 2.38 bits per heavy atom. The summed E-state index contributed by atoms with van der Waals surface area (Å²) < 4.78 is 71.2. The number of pyridine rings is 1. The number of carbonyl (C=O) groups is 2. The lowest BCUT2D eigenvalue weighted by Gasteiger charge is -2.22. The first-order chi connectivity index (χ1) is 22.8. The van der Waals surface area contributed by atoms with Gasteiger partial charge in [0.15, 0.2) is 5.69 Å². The first-order valence-electron chi connectivity index (χ1n) is 15.7. The normalized spacial score (nSPS) is 12.3. The van der Waals surface area contributed by atoms with E-state index in [1.807, 2.05) is 19.0 Å². The third kappa shape index (κ3) is 9.24. The van der Waals surface area contributed by atoms with Gasteiger partial charge in [-0.05, 0) is 74.8 Å². The molecule has 2 aromatic heterocycles. The van der Waals surface area contributed by atoms with Crippen molar-refractivity contribution in [1.29, 1.82) is 0 Å². The lowest BCUT2D eigenvalue weighted by atomic mass is 9.94. The van der Waals surface area contributed by atoms with E-state index < -0.39 is 42.0 Å². The molecular formula is C35H39F5N6O2. The molecule has 2 aromatic carbocycles. The predicted octanol–water partition coefficient (Wildman–Crippen LogP) is 6.15. The van der Waals surface area contributed by atoms with Gasteiger partial charge in [0, 0.05) is 47.7 Å². The van der Waals surface area contributed by atoms with Gasteiger partial charge in [-0.2, -0.15) is 18.3 Å². The Kier molecular flexibility index (Phi) is 12.0. The maximum Gasteiger partial charge on any atom is 0.435 e. The number of amides is 2. The minimum absolute atomic E-state index is 0.0599. The van der Waals surface area contributed by atoms with Gasteiger partial charge >= 0.3 is 6.18 Å². The summed E-state index contributed by atoms with van der Waals surface area (Å²) in [6.07, 6.45) is -2.46. The van der Waals surface area contributed by atoms with Gasteiger partial charge in [-0.1, -0.05) is 38.5 Å². The summed E-state index contributed by atoms with van der Waals surface area (Å²) in [5, 5.41) is 9.50. The van der Waals surface area contributed by atoms with E-state index in [4.69, 9.17) is 0 Å². The Hall–Kier alpha value is -4.65. The number of benzene rings is 2. The summed E-state index contributed by atoms with van der Waals surface area (Å²) in [6.45, 7) is 4.03. The maximum absolute atomic E-state index is 14.2. The molecule has 0 saturated carbocycles. The third-order valence-corrected chi connectivity index (χ3v) is 7.71. The zero-order chi connectivity index (χ0) is 35.0. The number of aromatic nitrogens is 3. The predicted molar refractivity (Wildman–Crippen MR) is 172 cm³/mol. The minimum Gasteiger partial charge on any atom is -0.351 e. The molecule has 4 rings (SSSR count). The summed E-state index contributed by atoms with van der Waals surface area (Å²) >= 11 is 0. The van der Waals surface area contributed by atoms with E-state index in [1.54, 1.807) is 50.2 Å². The molecule has 0 fully saturated rings. The van der Waals surface area contributed by atoms with Crippen molar-refractivity contribution in [3.63, 3.8) is 0 Å². The number of alkyl halides is 3. The van der Waals surface area contributed by atoms with Gasteiger partial charge in [-0.3, -0.25) is 19.3 Å². The fraction of sp³-hybridized carbons (Fsp3) is 0.371. The fourth-order valence-electron chi connectivity index (χ4n) is 5.62. The molecule has 0 saturated heterocycles. The molecule has 0 aliphatic heterocycles. The van der Waals surface area contributed by atoms with E-state index >= 15 is 0 Å². The molecule has 256 valence electrons. The van der Waals surface area contributed by atoms with Gasteiger partial charge in [0.05, 0.1) is 11.7 Å². The Morgan fingerprint density at radius 1 is 1.00 bits per heavy atom. The molecule has 8 nitrogen and oxygen atoms in total. The van der Waals surface area contributed by atoms with Gasteiger partial charge < -0.3 is 15.5 Å². The van der Waals surface area contributed by atoms with Gasteiger partial charge in [-0.15, -0.1) is 0 Å². The van der Waals surface area contributed by atoms with Crippen LogP contribution < -0.4 is 10.6 Å². The summed E-state index contributed by atoms with van der Waals surface area (Å²) in [6, 6.07) is 12.3. The highest BCUT2D eigenvalue weighted by atomic mass is 19.4. The molecule has 0 radical (unpaired) electrons. The highest BCUT2D eigenvalue weighted by molar-refractivity contribution is 5.95. The van der Waals surface area contributed by atoms with Crippen molar-refractivity contribution in [2.24, 2.45) is 0 Å². The molecule has 2 heterocycles. The van der Waals surface area contributed by atoms with E-state index in [9.17, 15) is 31.5 Å². The van der Waals surface area contributed by atoms with Crippen molar-refractivity contribution in [3.05, 3.63) is 106 Å². The van der Waals surface area contributed by atoms with Crippen LogP contribution in [0.3, 0.4) is 0 Å². The van der Waals surface area contributed by atoms with Crippen molar-refractivity contribution in [1.82, 2.24) is 30.3 Å². The first-order valence-corrected chi connectivity index (χ1v) is 15.7. The smallest absolute Gasteiger partial charge is 0.351 e. The van der Waals surface area contributed by atoms with Crippen LogP contribution in [0, 0.1) is 11.6 Å². The maximum atomic E-state index is 14.2. The van der Waals surface area contributed by atoms with Crippen molar-refractivity contribution in [2.75, 3.05) is 27.2 Å². The summed E-state index contributed by atoms with van der Waals surface area (Å²) in [7, 11) is 3.79. The number of halogens is 5. The molecule has 48 heavy (non-hydrogen) atoms. The molecule has 4 aromatic rings. The van der Waals surface area contributed by atoms with E-state index in [2.05, 4.69) is 20.7 Å². The Bertz CT molecular complexity index is 1720. The highest BCUT2D eigenvalue weighted by Crippen LogP contribution is 2.34. The van der Waals surface area contributed by atoms with E-state index in [1.165, 1.54) is 6.20 Å². The number of likely N-dealkylation sites (N-methyl/N-ethyl adjacent to an activating group) is 1. The minimum atomic E-state index is -4.69. The highest BCUT2D eigenvalue weighted by Gasteiger charge is 2.38. The molecule has 0 aliphatic rings. The molecule has 0 bridgehead atoms. The molecule has 1 atom stereocenters. The van der Waals surface area contributed by atoms with Crippen LogP contribution in [0.2, 0.25) is 0 Å². The van der Waals surface area contributed by atoms with Crippen LogP contribution in [-0.2, 0) is 36.8 Å². The largest absolute Gasteiger partial charge is 0.435 e. The van der Waals surface area contributed by atoms with Gasteiger partial charge in [0.2, 0.25) is 5.91 Å². The number of rotatable bonds is 14. The van der Waals surface area contributed by atoms with Crippen LogP contribution in [-0.4, -0.2) is 58.7 Å². The number of nitrogens with one attached hydrogen (secondary N) is 2. The van der Waals surface area contributed by atoms with E-state index in [0.717, 1.165) is 22.9 Å². The SMILES string of the molecule is CCCc1c(C(F)(F)F)nn(CC(=O)NC(Cc2cc(F)cc(F)c2)c2ncccc2-c2cccc(C(=O)NCCN(C)C)c2)c1CC. The van der Waals surface area contributed by atoms with Gasteiger partial charge in [0.1, 0.15) is 18.2 Å². The summed E-state index contributed by atoms with van der Waals surface area (Å²) in [5.41, 5.74) is 1.44. The van der Waals surface area contributed by atoms with Crippen LogP contribution in [0.4, 0.5) is 22.0 Å². The second kappa shape index (κ2) is 16.0. The number of carbonyl (C=O) groups excluding carboxylic acids is 2. The number of hydrogen-bond donors (Lipinski definition) is 2. The quantitative estimate of drug-likeness (QED) is 0.157. The lowest BCUT2D eigenvalue weighted by Crippen LogP contribution is -2.34. The zero-order valence-electron chi connectivity index (χ0n) is 27.3. The Balaban J connectivity index is 1.71. The molecule has 0 aliphatic carbocycles. The van der Waals surface area contributed by atoms with E-state index in [-0.39, 0.29) is 36.3 Å². The molecule has 0 spiro atoms. The van der Waals surface area contributed by atoms with Crippen LogP contribution >= 0.6 is 0 Å². The molecule has 2 N–H and O–H groups in total. The summed E-state index contributed by atoms with van der Waals surface area (Å²) in [4.78, 5) is 32.9. The Morgan fingerprint density at radius 2 is 1.73 bits per heavy atom. The van der Waals surface area contributed by atoms with Crippen LogP contribution in [0.5, 0.6) is 0 Å². The van der Waals surface area contributed by atoms with Crippen LogP contribution in [0.15, 0.2) is 60.8 Å². The average Bonchev–Trinajstić information content (AvgIpc) is 3.37. The zero-order valence-corrected chi connectivity index (χ0v) is 27.3. The van der Waals surface area contributed by atoms with E-state index in [0.29, 0.717) is 47.6 Å². The van der Waals surface area contributed by atoms with Gasteiger partial charge in [0.25, 0.3) is 5.91 Å². The lowest BCUT2D eigenvalue weighted by molar-refractivity contribution is -0.142. The third-order valence-electron chi connectivity index (χ3n) is 7.71. The topological polar surface area (TPSA) is 92.1 Å². The number of nitrogens with zero attached hydrogens (tertiary/aromatic N) is 4. The van der Waals surface area contributed by atoms with Gasteiger partial charge in [-0.25, -0.2) is 8.78 Å². The van der Waals surface area contributed by atoms with Crippen molar-refractivity contribution in [3.8, 4) is 11.1 Å². The van der Waals surface area contributed by atoms with Crippen LogP contribution in [0.1, 0.15) is 64.9 Å². The second-order valence-corrected chi connectivity index (χ2v) is 11.7. The standard InChI is InChI=1S/C35H39F5N6O2/c1-5-9-28-30(6-2)46(44-33(28)35(38,39)40)21-31(47)43-29(18-22-16-25(36)20-26(37)17-22)32-27(12-8-13-41-32)23-10-7-11-24(19-23)34(48)42-14-15-45(3)4/h7-8,10-13,16-17,19-20,29H,5-6,9,14-15,18,21H2,1-4H3,(H,42,48)(H,43,47). The summed E-state index contributed by atoms with van der Waals surface area (Å²) in [5.74, 6) is -2.57. The first kappa shape index (κ1) is 36.2. The number of hydrogen-bond acceptors (Lipinski definition) is 5.